The summed E-state index contributed by atoms with van der Waals surface area (Å²) in [5.41, 5.74) is 1.54. The van der Waals surface area contributed by atoms with Gasteiger partial charge in [0, 0.05) is 5.41 Å². The summed E-state index contributed by atoms with van der Waals surface area (Å²) in [7, 11) is 0. The number of hydrogen-bond donors (Lipinski definition) is 1. The van der Waals surface area contributed by atoms with Crippen LogP contribution in [0.5, 0.6) is 0 Å². The molecule has 2 rings (SSSR count). The van der Waals surface area contributed by atoms with Crippen molar-refractivity contribution >= 4 is 24.0 Å². The van der Waals surface area contributed by atoms with Crippen LogP contribution in [0.2, 0.25) is 6.82 Å². The highest BCUT2D eigenvalue weighted by Gasteiger charge is 2.28. The molecule has 1 aromatic rings. The first kappa shape index (κ1) is 14.1. The Balaban J connectivity index is 2.27. The average molecular weight is 263 g/mol. The first-order chi connectivity index (χ1) is 8.85. The highest BCUT2D eigenvalue weighted by Crippen LogP contribution is 2.25. The van der Waals surface area contributed by atoms with Crippen LogP contribution < -0.4 is 10.8 Å². The lowest BCUT2D eigenvalue weighted by atomic mass is 9.64. The Morgan fingerprint density at radius 3 is 2.84 bits per heavy atom. The molecule has 0 atom stereocenters. The molecule has 0 saturated heterocycles. The second-order valence-corrected chi connectivity index (χ2v) is 5.68. The van der Waals surface area contributed by atoms with Crippen molar-refractivity contribution in [2.45, 2.75) is 40.6 Å². The number of hydrogen-bond acceptors (Lipinski definition) is 2. The Morgan fingerprint density at radius 2 is 2.21 bits per heavy atom. The maximum Gasteiger partial charge on any atom is 0.324 e. The fourth-order valence-electron chi connectivity index (χ4n) is 1.99. The zero-order chi connectivity index (χ0) is 14.2. The van der Waals surface area contributed by atoms with Crippen molar-refractivity contribution in [3.63, 3.8) is 0 Å². The normalized spacial score (nSPS) is 14.5. The minimum absolute atomic E-state index is 0.0505. The van der Waals surface area contributed by atoms with Gasteiger partial charge in [0.2, 0.25) is 5.91 Å². The quantitative estimate of drug-likeness (QED) is 0.851. The summed E-state index contributed by atoms with van der Waals surface area (Å²) < 4.78 is 19.4. The molecule has 5 heteroatoms. The summed E-state index contributed by atoms with van der Waals surface area (Å²) >= 11 is 0. The van der Waals surface area contributed by atoms with Crippen molar-refractivity contribution < 1.29 is 13.8 Å². The summed E-state index contributed by atoms with van der Waals surface area (Å²) in [6.07, 6.45) is 0.699. The molecular weight excluding hydrogens is 244 g/mol. The molecule has 1 amide bonds. The topological polar surface area (TPSA) is 38.3 Å². The number of nitrogens with one attached hydrogen (secondary N) is 1. The zero-order valence-corrected chi connectivity index (χ0v) is 11.8. The molecule has 1 N–H and O–H groups in total. The number of carbonyl (C=O) groups is 1. The van der Waals surface area contributed by atoms with Gasteiger partial charge in [0.1, 0.15) is 5.82 Å². The lowest BCUT2D eigenvalue weighted by Gasteiger charge is -2.22. The standard InChI is InChI=1S/C14H19BFNO2/c1-5-14(2,3)13(18)17-12-7-10-9(6-11(12)16)8-19-15(10)4/h6-7H,5,8H2,1-4H3,(H,17,18). The second-order valence-electron chi connectivity index (χ2n) is 5.68. The first-order valence-corrected chi connectivity index (χ1v) is 6.60. The third kappa shape index (κ3) is 2.66. The molecule has 0 spiro atoms. The molecule has 102 valence electrons. The van der Waals surface area contributed by atoms with Crippen LogP contribution in [0.4, 0.5) is 10.1 Å². The van der Waals surface area contributed by atoms with Crippen LogP contribution in [0.25, 0.3) is 0 Å². The van der Waals surface area contributed by atoms with E-state index in [0.717, 1.165) is 11.0 Å². The van der Waals surface area contributed by atoms with Crippen LogP contribution >= 0.6 is 0 Å². The Bertz CT molecular complexity index is 516. The van der Waals surface area contributed by atoms with Gasteiger partial charge < -0.3 is 9.97 Å². The minimum Gasteiger partial charge on any atom is -0.427 e. The molecule has 3 nitrogen and oxygen atoms in total. The molecule has 1 aliphatic rings. The summed E-state index contributed by atoms with van der Waals surface area (Å²) in [4.78, 5) is 12.1. The maximum absolute atomic E-state index is 14.0. The number of anilines is 1. The van der Waals surface area contributed by atoms with E-state index in [4.69, 9.17) is 4.65 Å². The Kier molecular flexibility index (Phi) is 3.67. The van der Waals surface area contributed by atoms with Gasteiger partial charge in [0.05, 0.1) is 12.3 Å². The molecule has 0 aromatic heterocycles. The lowest BCUT2D eigenvalue weighted by Crippen LogP contribution is -2.31. The van der Waals surface area contributed by atoms with E-state index in [1.165, 1.54) is 6.07 Å². The van der Waals surface area contributed by atoms with Crippen molar-refractivity contribution in [3.8, 4) is 0 Å². The van der Waals surface area contributed by atoms with Crippen molar-refractivity contribution in [1.29, 1.82) is 0 Å². The number of benzene rings is 1. The van der Waals surface area contributed by atoms with E-state index in [0.29, 0.717) is 13.0 Å². The van der Waals surface area contributed by atoms with Gasteiger partial charge in [-0.3, -0.25) is 4.79 Å². The van der Waals surface area contributed by atoms with Gasteiger partial charge in [-0.1, -0.05) is 27.6 Å². The van der Waals surface area contributed by atoms with E-state index in [2.05, 4.69) is 5.32 Å². The number of fused-ring (bicyclic) bond motifs is 1. The largest absolute Gasteiger partial charge is 0.427 e. The van der Waals surface area contributed by atoms with Crippen LogP contribution in [-0.4, -0.2) is 12.8 Å². The molecule has 0 fully saturated rings. The van der Waals surface area contributed by atoms with E-state index in [1.807, 2.05) is 27.6 Å². The zero-order valence-electron chi connectivity index (χ0n) is 11.8. The van der Waals surface area contributed by atoms with E-state index < -0.39 is 11.2 Å². The first-order valence-electron chi connectivity index (χ1n) is 6.60. The predicted molar refractivity (Wildman–Crippen MR) is 75.1 cm³/mol. The molecular formula is C14H19BFNO2. The third-order valence-electron chi connectivity index (χ3n) is 3.90. The fourth-order valence-corrected chi connectivity index (χ4v) is 1.99. The monoisotopic (exact) mass is 263 g/mol. The molecule has 0 radical (unpaired) electrons. The van der Waals surface area contributed by atoms with Crippen LogP contribution in [0.15, 0.2) is 12.1 Å². The number of halogens is 1. The van der Waals surface area contributed by atoms with Crippen LogP contribution in [0, 0.1) is 11.2 Å². The predicted octanol–water partition coefficient (Wildman–Crippen LogP) is 2.56. The Labute approximate surface area is 113 Å². The molecule has 1 aliphatic heterocycles. The molecule has 1 aromatic carbocycles. The van der Waals surface area contributed by atoms with Crippen molar-refractivity contribution in [2.24, 2.45) is 5.41 Å². The summed E-state index contributed by atoms with van der Waals surface area (Å²) in [5, 5.41) is 2.68. The van der Waals surface area contributed by atoms with Crippen molar-refractivity contribution in [1.82, 2.24) is 0 Å². The number of rotatable bonds is 3. The van der Waals surface area contributed by atoms with Crippen LogP contribution in [0.1, 0.15) is 32.8 Å². The average Bonchev–Trinajstić information content (AvgIpc) is 2.71. The van der Waals surface area contributed by atoms with Crippen LogP contribution in [0.3, 0.4) is 0 Å². The molecule has 1 heterocycles. The molecule has 0 saturated carbocycles. The van der Waals surface area contributed by atoms with Gasteiger partial charge in [0.25, 0.3) is 0 Å². The highest BCUT2D eigenvalue weighted by molar-refractivity contribution is 6.67. The minimum atomic E-state index is -0.506. The molecule has 19 heavy (non-hydrogen) atoms. The van der Waals surface area contributed by atoms with Gasteiger partial charge in [-0.25, -0.2) is 4.39 Å². The molecule has 0 bridgehead atoms. The number of carbonyl (C=O) groups excluding carboxylic acids is 1. The fraction of sp³-hybridized carbons (Fsp3) is 0.500. The third-order valence-corrected chi connectivity index (χ3v) is 3.90. The van der Waals surface area contributed by atoms with Gasteiger partial charge in [-0.2, -0.15) is 0 Å². The highest BCUT2D eigenvalue weighted by atomic mass is 19.1. The van der Waals surface area contributed by atoms with Crippen LogP contribution in [-0.2, 0) is 16.1 Å². The second kappa shape index (κ2) is 4.97. The smallest absolute Gasteiger partial charge is 0.324 e. The van der Waals surface area contributed by atoms with E-state index in [-0.39, 0.29) is 18.5 Å². The van der Waals surface area contributed by atoms with E-state index in [9.17, 15) is 9.18 Å². The van der Waals surface area contributed by atoms with Crippen molar-refractivity contribution in [2.75, 3.05) is 5.32 Å². The summed E-state index contributed by atoms with van der Waals surface area (Å²) in [6.45, 7) is 7.94. The van der Waals surface area contributed by atoms with Gasteiger partial charge in [0.15, 0.2) is 0 Å². The summed E-state index contributed by atoms with van der Waals surface area (Å²) in [5.74, 6) is -0.572. The SMILES string of the molecule is CCC(C)(C)C(=O)Nc1cc2c(cc1F)COB2C. The maximum atomic E-state index is 14.0. The molecule has 0 unspecified atom stereocenters. The van der Waals surface area contributed by atoms with E-state index in [1.54, 1.807) is 6.07 Å². The Morgan fingerprint density at radius 1 is 1.53 bits per heavy atom. The van der Waals surface area contributed by atoms with E-state index >= 15 is 0 Å². The van der Waals surface area contributed by atoms with Gasteiger partial charge >= 0.3 is 6.92 Å². The molecule has 0 aliphatic carbocycles. The number of amides is 1. The summed E-state index contributed by atoms with van der Waals surface area (Å²) in [6, 6.07) is 3.14. The van der Waals surface area contributed by atoms with Gasteiger partial charge in [-0.15, -0.1) is 0 Å². The van der Waals surface area contributed by atoms with Crippen molar-refractivity contribution in [3.05, 3.63) is 23.5 Å². The Hall–Kier alpha value is -1.36. The lowest BCUT2D eigenvalue weighted by molar-refractivity contribution is -0.124. The van der Waals surface area contributed by atoms with Gasteiger partial charge in [-0.05, 0) is 29.6 Å².